The van der Waals surface area contributed by atoms with Crippen molar-refractivity contribution in [2.75, 3.05) is 11.9 Å². The van der Waals surface area contributed by atoms with Crippen LogP contribution in [0.2, 0.25) is 0 Å². The largest absolute Gasteiger partial charge is 0.320 e. The number of nitrogens with zero attached hydrogens (tertiary/aromatic N) is 3. The van der Waals surface area contributed by atoms with E-state index in [4.69, 9.17) is 5.73 Å². The molecular weight excluding hydrogens is 180 g/mol. The van der Waals surface area contributed by atoms with Gasteiger partial charge in [0.2, 0.25) is 5.91 Å². The van der Waals surface area contributed by atoms with Crippen molar-refractivity contribution in [1.29, 1.82) is 0 Å². The summed E-state index contributed by atoms with van der Waals surface area (Å²) in [6, 6.07) is 1.46. The highest BCUT2D eigenvalue weighted by Crippen LogP contribution is 2.17. The van der Waals surface area contributed by atoms with Crippen LogP contribution in [0.1, 0.15) is 12.8 Å². The average Bonchev–Trinajstić information content (AvgIpc) is 2.62. The molecule has 0 bridgehead atoms. The number of anilines is 1. The van der Waals surface area contributed by atoms with Crippen molar-refractivity contribution in [1.82, 2.24) is 9.78 Å². The molecule has 1 aliphatic heterocycles. The van der Waals surface area contributed by atoms with Gasteiger partial charge in [0.1, 0.15) is 5.82 Å². The molecule has 0 spiro atoms. The highest BCUT2D eigenvalue weighted by atomic mass is 16.2. The first-order valence-corrected chi connectivity index (χ1v) is 4.75. The Balaban J connectivity index is 2.35. The van der Waals surface area contributed by atoms with Gasteiger partial charge in [-0.2, -0.15) is 5.10 Å². The number of carbonyl (C=O) groups excluding carboxylic acids is 1. The molecule has 0 fully saturated rings. The molecule has 0 radical (unpaired) electrons. The van der Waals surface area contributed by atoms with E-state index < -0.39 is 0 Å². The zero-order valence-corrected chi connectivity index (χ0v) is 8.18. The van der Waals surface area contributed by atoms with Crippen LogP contribution < -0.4 is 10.6 Å². The SMILES string of the molecule is CN1C(=O)C(N)CCCn2nccc21. The first-order valence-electron chi connectivity index (χ1n) is 4.75. The van der Waals surface area contributed by atoms with E-state index in [1.54, 1.807) is 18.1 Å². The monoisotopic (exact) mass is 194 g/mol. The maximum absolute atomic E-state index is 11.7. The van der Waals surface area contributed by atoms with Crippen molar-refractivity contribution in [2.45, 2.75) is 25.4 Å². The molecule has 0 aromatic carbocycles. The Labute approximate surface area is 82.5 Å². The standard InChI is InChI=1S/C9H14N4O/c1-12-8-4-5-11-13(8)6-2-3-7(10)9(12)14/h4-5,7H,2-3,6,10H2,1H3. The predicted octanol–water partition coefficient (Wildman–Crippen LogP) is -0.0330. The molecule has 1 aliphatic rings. The maximum atomic E-state index is 11.7. The van der Waals surface area contributed by atoms with Crippen molar-refractivity contribution in [3.05, 3.63) is 12.3 Å². The lowest BCUT2D eigenvalue weighted by Gasteiger charge is -2.24. The summed E-state index contributed by atoms with van der Waals surface area (Å²) in [6.07, 6.45) is 3.33. The number of hydrogen-bond donors (Lipinski definition) is 1. The third-order valence-corrected chi connectivity index (χ3v) is 2.57. The van der Waals surface area contributed by atoms with Crippen LogP contribution >= 0.6 is 0 Å². The minimum absolute atomic E-state index is 0.0357. The second kappa shape index (κ2) is 3.42. The number of carbonyl (C=O) groups is 1. The molecule has 2 rings (SSSR count). The third kappa shape index (κ3) is 1.39. The normalized spacial score (nSPS) is 22.9. The molecule has 0 saturated carbocycles. The van der Waals surface area contributed by atoms with Crippen molar-refractivity contribution in [3.8, 4) is 0 Å². The minimum Gasteiger partial charge on any atom is -0.320 e. The molecule has 1 aromatic heterocycles. The van der Waals surface area contributed by atoms with E-state index in [2.05, 4.69) is 5.10 Å². The summed E-state index contributed by atoms with van der Waals surface area (Å²) in [5.41, 5.74) is 5.74. The molecule has 2 heterocycles. The number of aryl methyl sites for hydroxylation is 1. The molecule has 1 amide bonds. The Morgan fingerprint density at radius 1 is 1.64 bits per heavy atom. The van der Waals surface area contributed by atoms with Gasteiger partial charge in [-0.25, -0.2) is 4.68 Å². The average molecular weight is 194 g/mol. The van der Waals surface area contributed by atoms with Gasteiger partial charge in [0.05, 0.1) is 12.2 Å². The summed E-state index contributed by atoms with van der Waals surface area (Å²) in [5, 5.41) is 4.15. The van der Waals surface area contributed by atoms with Crippen LogP contribution in [0.5, 0.6) is 0 Å². The van der Waals surface area contributed by atoms with Crippen LogP contribution in [0.25, 0.3) is 0 Å². The summed E-state index contributed by atoms with van der Waals surface area (Å²) in [5.74, 6) is 0.789. The van der Waals surface area contributed by atoms with Gasteiger partial charge in [0.15, 0.2) is 0 Å². The molecule has 1 unspecified atom stereocenters. The van der Waals surface area contributed by atoms with Crippen molar-refractivity contribution in [3.63, 3.8) is 0 Å². The predicted molar refractivity (Wildman–Crippen MR) is 52.8 cm³/mol. The van der Waals surface area contributed by atoms with Crippen LogP contribution in [0.15, 0.2) is 12.3 Å². The first-order chi connectivity index (χ1) is 6.70. The van der Waals surface area contributed by atoms with E-state index in [1.807, 2.05) is 10.7 Å². The van der Waals surface area contributed by atoms with Crippen molar-refractivity contribution < 1.29 is 4.79 Å². The van der Waals surface area contributed by atoms with Gasteiger partial charge in [-0.15, -0.1) is 0 Å². The Morgan fingerprint density at radius 3 is 3.21 bits per heavy atom. The van der Waals surface area contributed by atoms with E-state index in [9.17, 15) is 4.79 Å². The smallest absolute Gasteiger partial charge is 0.244 e. The molecule has 2 N–H and O–H groups in total. The summed E-state index contributed by atoms with van der Waals surface area (Å²) in [7, 11) is 1.74. The molecule has 1 atom stereocenters. The number of aromatic nitrogens is 2. The lowest BCUT2D eigenvalue weighted by molar-refractivity contribution is -0.119. The molecule has 76 valence electrons. The van der Waals surface area contributed by atoms with Gasteiger partial charge in [-0.1, -0.05) is 0 Å². The number of likely N-dealkylation sites (N-methyl/N-ethyl adjacent to an activating group) is 1. The Morgan fingerprint density at radius 2 is 2.43 bits per heavy atom. The number of fused-ring (bicyclic) bond motifs is 1. The van der Waals surface area contributed by atoms with Gasteiger partial charge < -0.3 is 5.73 Å². The minimum atomic E-state index is -0.372. The van der Waals surface area contributed by atoms with Gasteiger partial charge in [0, 0.05) is 19.7 Å². The Kier molecular flexibility index (Phi) is 2.25. The molecule has 0 aliphatic carbocycles. The van der Waals surface area contributed by atoms with Crippen molar-refractivity contribution in [2.24, 2.45) is 5.73 Å². The van der Waals surface area contributed by atoms with Crippen LogP contribution in [-0.2, 0) is 11.3 Å². The van der Waals surface area contributed by atoms with E-state index in [-0.39, 0.29) is 11.9 Å². The summed E-state index contributed by atoms with van der Waals surface area (Å²) in [6.45, 7) is 0.827. The van der Waals surface area contributed by atoms with Crippen LogP contribution in [0.4, 0.5) is 5.82 Å². The Hall–Kier alpha value is -1.36. The van der Waals surface area contributed by atoms with Gasteiger partial charge in [0.25, 0.3) is 0 Å². The second-order valence-corrected chi connectivity index (χ2v) is 3.56. The fourth-order valence-corrected chi connectivity index (χ4v) is 1.73. The highest BCUT2D eigenvalue weighted by Gasteiger charge is 2.23. The Bertz CT molecular complexity index is 346. The topological polar surface area (TPSA) is 64.2 Å². The molecule has 1 aromatic rings. The number of amides is 1. The summed E-state index contributed by atoms with van der Waals surface area (Å²) < 4.78 is 1.84. The lowest BCUT2D eigenvalue weighted by atomic mass is 10.1. The zero-order valence-electron chi connectivity index (χ0n) is 8.18. The molecule has 5 nitrogen and oxygen atoms in total. The van der Waals surface area contributed by atoms with Gasteiger partial charge in [-0.05, 0) is 12.8 Å². The summed E-state index contributed by atoms with van der Waals surface area (Å²) in [4.78, 5) is 13.3. The fourth-order valence-electron chi connectivity index (χ4n) is 1.73. The van der Waals surface area contributed by atoms with E-state index in [0.717, 1.165) is 25.2 Å². The quantitative estimate of drug-likeness (QED) is 0.630. The third-order valence-electron chi connectivity index (χ3n) is 2.57. The molecular formula is C9H14N4O. The van der Waals surface area contributed by atoms with Crippen molar-refractivity contribution >= 4 is 11.7 Å². The molecule has 0 saturated heterocycles. The van der Waals surface area contributed by atoms with E-state index in [0.29, 0.717) is 0 Å². The molecule has 5 heteroatoms. The van der Waals surface area contributed by atoms with E-state index >= 15 is 0 Å². The van der Waals surface area contributed by atoms with Crippen LogP contribution in [0, 0.1) is 0 Å². The molecule has 14 heavy (non-hydrogen) atoms. The maximum Gasteiger partial charge on any atom is 0.244 e. The van der Waals surface area contributed by atoms with Crippen LogP contribution in [0.3, 0.4) is 0 Å². The zero-order chi connectivity index (χ0) is 10.1. The van der Waals surface area contributed by atoms with Crippen LogP contribution in [-0.4, -0.2) is 28.8 Å². The summed E-state index contributed by atoms with van der Waals surface area (Å²) >= 11 is 0. The number of rotatable bonds is 0. The van der Waals surface area contributed by atoms with Gasteiger partial charge in [-0.3, -0.25) is 9.69 Å². The fraction of sp³-hybridized carbons (Fsp3) is 0.556. The number of hydrogen-bond acceptors (Lipinski definition) is 3. The van der Waals surface area contributed by atoms with E-state index in [1.165, 1.54) is 0 Å². The first kappa shape index (κ1) is 9.21. The second-order valence-electron chi connectivity index (χ2n) is 3.56. The lowest BCUT2D eigenvalue weighted by Crippen LogP contribution is -2.44. The van der Waals surface area contributed by atoms with Gasteiger partial charge >= 0.3 is 0 Å². The number of nitrogens with two attached hydrogens (primary N) is 1. The highest BCUT2D eigenvalue weighted by molar-refractivity contribution is 5.95.